The summed E-state index contributed by atoms with van der Waals surface area (Å²) in [4.78, 5) is 20.1. The van der Waals surface area contributed by atoms with Crippen LogP contribution < -0.4 is 5.32 Å². The van der Waals surface area contributed by atoms with Crippen molar-refractivity contribution >= 4 is 34.5 Å². The molecule has 0 spiro atoms. The maximum Gasteiger partial charge on any atom is 0.256 e. The Balaban J connectivity index is 1.49. The van der Waals surface area contributed by atoms with E-state index in [-0.39, 0.29) is 5.91 Å². The fourth-order valence-corrected chi connectivity index (χ4v) is 3.99. The number of fused-ring (bicyclic) bond motifs is 1. The monoisotopic (exact) mass is 391 g/mol. The molecule has 3 aromatic heterocycles. The van der Waals surface area contributed by atoms with Gasteiger partial charge in [0.2, 0.25) is 0 Å². The van der Waals surface area contributed by atoms with Crippen molar-refractivity contribution in [3.8, 4) is 10.6 Å². The van der Waals surface area contributed by atoms with Crippen LogP contribution in [0.4, 0.5) is 0 Å². The van der Waals surface area contributed by atoms with E-state index in [1.165, 1.54) is 11.3 Å². The Morgan fingerprint density at radius 2 is 2.15 bits per heavy atom. The number of halogens is 1. The van der Waals surface area contributed by atoms with Crippen LogP contribution in [0.2, 0.25) is 4.34 Å². The van der Waals surface area contributed by atoms with Crippen LogP contribution in [-0.2, 0) is 4.74 Å². The first kappa shape index (κ1) is 17.4. The number of aromatic nitrogens is 3. The topological polar surface area (TPSA) is 71.8 Å². The lowest BCUT2D eigenvalue weighted by Gasteiger charge is -2.26. The maximum absolute atomic E-state index is 12.5. The Hall–Kier alpha value is -2.00. The van der Waals surface area contributed by atoms with Crippen LogP contribution in [0.3, 0.4) is 0 Å². The van der Waals surface area contributed by atoms with Gasteiger partial charge in [-0.1, -0.05) is 11.6 Å². The minimum atomic E-state index is -0.165. The molecule has 26 heavy (non-hydrogen) atoms. The second kappa shape index (κ2) is 7.71. The van der Waals surface area contributed by atoms with Gasteiger partial charge in [0, 0.05) is 32.4 Å². The third kappa shape index (κ3) is 3.59. The summed E-state index contributed by atoms with van der Waals surface area (Å²) < 4.78 is 7.71. The summed E-state index contributed by atoms with van der Waals surface area (Å²) in [7, 11) is 0. The first-order chi connectivity index (χ1) is 12.7. The Morgan fingerprint density at radius 3 is 2.92 bits per heavy atom. The van der Waals surface area contributed by atoms with E-state index in [2.05, 4.69) is 20.3 Å². The van der Waals surface area contributed by atoms with Crippen molar-refractivity contribution in [3.63, 3.8) is 0 Å². The highest BCUT2D eigenvalue weighted by Crippen LogP contribution is 2.31. The molecule has 136 valence electrons. The zero-order chi connectivity index (χ0) is 17.9. The molecule has 1 aliphatic heterocycles. The normalized spacial score (nSPS) is 15.4. The minimum Gasteiger partial charge on any atom is -0.379 e. The standard InChI is InChI=1S/C17H18ClN5O2S/c18-15-2-1-14(26-15)13-3-4-19-16-12(11-21-23(13)16)17(24)20-5-6-22-7-9-25-10-8-22/h1-4,11H,5-10H2,(H,20,24). The largest absolute Gasteiger partial charge is 0.379 e. The molecule has 1 amide bonds. The zero-order valence-corrected chi connectivity index (χ0v) is 15.6. The molecule has 0 aliphatic carbocycles. The predicted octanol–water partition coefficient (Wildman–Crippen LogP) is 2.17. The third-order valence-corrected chi connectivity index (χ3v) is 5.54. The SMILES string of the molecule is O=C(NCCN1CCOCC1)c1cnn2c(-c3ccc(Cl)s3)ccnc12. The van der Waals surface area contributed by atoms with E-state index in [1.54, 1.807) is 16.9 Å². The summed E-state index contributed by atoms with van der Waals surface area (Å²) in [5.41, 5.74) is 1.87. The van der Waals surface area contributed by atoms with Crippen molar-refractivity contribution in [2.45, 2.75) is 0 Å². The summed E-state index contributed by atoms with van der Waals surface area (Å²) in [5.74, 6) is -0.165. The van der Waals surface area contributed by atoms with E-state index in [4.69, 9.17) is 16.3 Å². The molecule has 9 heteroatoms. The Kier molecular flexibility index (Phi) is 5.16. The van der Waals surface area contributed by atoms with Gasteiger partial charge in [-0.2, -0.15) is 5.10 Å². The molecule has 1 fully saturated rings. The average Bonchev–Trinajstić information content (AvgIpc) is 3.28. The van der Waals surface area contributed by atoms with Gasteiger partial charge >= 0.3 is 0 Å². The van der Waals surface area contributed by atoms with Gasteiger partial charge < -0.3 is 10.1 Å². The lowest BCUT2D eigenvalue weighted by atomic mass is 10.3. The van der Waals surface area contributed by atoms with Crippen molar-refractivity contribution in [3.05, 3.63) is 40.5 Å². The van der Waals surface area contributed by atoms with Crippen LogP contribution in [0, 0.1) is 0 Å². The number of hydrogen-bond donors (Lipinski definition) is 1. The van der Waals surface area contributed by atoms with E-state index in [1.807, 2.05) is 18.2 Å². The molecule has 3 aromatic rings. The first-order valence-electron chi connectivity index (χ1n) is 8.39. The van der Waals surface area contributed by atoms with Crippen LogP contribution in [0.1, 0.15) is 10.4 Å². The number of nitrogens with zero attached hydrogens (tertiary/aromatic N) is 4. The number of carbonyl (C=O) groups is 1. The minimum absolute atomic E-state index is 0.165. The summed E-state index contributed by atoms with van der Waals surface area (Å²) in [5, 5.41) is 7.31. The van der Waals surface area contributed by atoms with Crippen molar-refractivity contribution in [1.29, 1.82) is 0 Å². The highest BCUT2D eigenvalue weighted by molar-refractivity contribution is 7.19. The molecular formula is C17H18ClN5O2S. The Morgan fingerprint density at radius 1 is 1.31 bits per heavy atom. The van der Waals surface area contributed by atoms with E-state index in [9.17, 15) is 4.79 Å². The number of ether oxygens (including phenoxy) is 1. The summed E-state index contributed by atoms with van der Waals surface area (Å²) in [6.45, 7) is 4.70. The smallest absolute Gasteiger partial charge is 0.256 e. The van der Waals surface area contributed by atoms with Crippen LogP contribution >= 0.6 is 22.9 Å². The van der Waals surface area contributed by atoms with Crippen molar-refractivity contribution in [2.24, 2.45) is 0 Å². The van der Waals surface area contributed by atoms with Crippen LogP contribution in [0.15, 0.2) is 30.6 Å². The van der Waals surface area contributed by atoms with Gasteiger partial charge in [-0.05, 0) is 18.2 Å². The van der Waals surface area contributed by atoms with Crippen molar-refractivity contribution in [1.82, 2.24) is 24.8 Å². The van der Waals surface area contributed by atoms with Gasteiger partial charge in [0.1, 0.15) is 5.56 Å². The summed E-state index contributed by atoms with van der Waals surface area (Å²) in [6, 6.07) is 5.64. The molecule has 0 atom stereocenters. The fourth-order valence-electron chi connectivity index (χ4n) is 2.94. The second-order valence-corrected chi connectivity index (χ2v) is 7.65. The van der Waals surface area contributed by atoms with E-state index >= 15 is 0 Å². The number of carbonyl (C=O) groups excluding carboxylic acids is 1. The van der Waals surface area contributed by atoms with Crippen LogP contribution in [0.25, 0.3) is 16.2 Å². The third-order valence-electron chi connectivity index (χ3n) is 4.29. The quantitative estimate of drug-likeness (QED) is 0.721. The summed E-state index contributed by atoms with van der Waals surface area (Å²) >= 11 is 7.50. The molecule has 4 heterocycles. The van der Waals surface area contributed by atoms with E-state index in [0.717, 1.165) is 43.4 Å². The molecule has 4 rings (SSSR count). The van der Waals surface area contributed by atoms with E-state index < -0.39 is 0 Å². The zero-order valence-electron chi connectivity index (χ0n) is 14.0. The number of hydrogen-bond acceptors (Lipinski definition) is 6. The van der Waals surface area contributed by atoms with Gasteiger partial charge in [-0.15, -0.1) is 11.3 Å². The average molecular weight is 392 g/mol. The van der Waals surface area contributed by atoms with Gasteiger partial charge in [0.25, 0.3) is 5.91 Å². The fraction of sp³-hybridized carbons (Fsp3) is 0.353. The van der Waals surface area contributed by atoms with Gasteiger partial charge in [-0.25, -0.2) is 9.50 Å². The molecule has 1 N–H and O–H groups in total. The molecule has 0 bridgehead atoms. The lowest BCUT2D eigenvalue weighted by Crippen LogP contribution is -2.41. The summed E-state index contributed by atoms with van der Waals surface area (Å²) in [6.07, 6.45) is 3.25. The first-order valence-corrected chi connectivity index (χ1v) is 9.58. The Labute approximate surface area is 159 Å². The molecule has 0 radical (unpaired) electrons. The van der Waals surface area contributed by atoms with Gasteiger partial charge in [0.15, 0.2) is 5.65 Å². The van der Waals surface area contributed by atoms with Gasteiger partial charge in [0.05, 0.1) is 34.3 Å². The van der Waals surface area contributed by atoms with Gasteiger partial charge in [-0.3, -0.25) is 9.69 Å². The maximum atomic E-state index is 12.5. The predicted molar refractivity (Wildman–Crippen MR) is 101 cm³/mol. The molecular weight excluding hydrogens is 374 g/mol. The lowest BCUT2D eigenvalue weighted by molar-refractivity contribution is 0.0383. The molecule has 0 unspecified atom stereocenters. The van der Waals surface area contributed by atoms with E-state index in [0.29, 0.717) is 22.1 Å². The second-order valence-electron chi connectivity index (χ2n) is 5.94. The van der Waals surface area contributed by atoms with Crippen molar-refractivity contribution in [2.75, 3.05) is 39.4 Å². The molecule has 0 saturated carbocycles. The molecule has 0 aromatic carbocycles. The molecule has 1 aliphatic rings. The van der Waals surface area contributed by atoms with Crippen LogP contribution in [-0.4, -0.2) is 64.8 Å². The number of rotatable bonds is 5. The van der Waals surface area contributed by atoms with Crippen molar-refractivity contribution < 1.29 is 9.53 Å². The van der Waals surface area contributed by atoms with Crippen LogP contribution in [0.5, 0.6) is 0 Å². The number of morpholine rings is 1. The molecule has 7 nitrogen and oxygen atoms in total. The number of amides is 1. The highest BCUT2D eigenvalue weighted by atomic mass is 35.5. The number of thiophene rings is 1. The Bertz CT molecular complexity index is 919. The highest BCUT2D eigenvalue weighted by Gasteiger charge is 2.17. The molecule has 1 saturated heterocycles. The number of nitrogens with one attached hydrogen (secondary N) is 1.